The van der Waals surface area contributed by atoms with Gasteiger partial charge in [-0.15, -0.1) is 6.42 Å². The fourth-order valence-corrected chi connectivity index (χ4v) is 1.31. The molecule has 0 fully saturated rings. The number of benzene rings is 1. The summed E-state index contributed by atoms with van der Waals surface area (Å²) in [6, 6.07) is 7.27. The van der Waals surface area contributed by atoms with E-state index in [0.717, 1.165) is 11.3 Å². The normalized spacial score (nSPS) is 11.0. The molecule has 98 valence electrons. The molecule has 0 heterocycles. The van der Waals surface area contributed by atoms with E-state index in [1.54, 1.807) is 12.1 Å². The molecule has 18 heavy (non-hydrogen) atoms. The van der Waals surface area contributed by atoms with Gasteiger partial charge in [0.1, 0.15) is 6.61 Å². The van der Waals surface area contributed by atoms with E-state index in [1.807, 2.05) is 12.1 Å². The number of halogens is 3. The largest absolute Gasteiger partial charge is 0.411 e. The highest BCUT2D eigenvalue weighted by Crippen LogP contribution is 2.14. The number of rotatable bonds is 6. The zero-order valence-electron chi connectivity index (χ0n) is 9.76. The van der Waals surface area contributed by atoms with Crippen LogP contribution in [0, 0.1) is 12.3 Å². The van der Waals surface area contributed by atoms with E-state index in [0.29, 0.717) is 13.0 Å². The third kappa shape index (κ3) is 6.16. The molecule has 0 bridgehead atoms. The Hall–Kier alpha value is -1.67. The van der Waals surface area contributed by atoms with Gasteiger partial charge in [0.2, 0.25) is 0 Å². The van der Waals surface area contributed by atoms with Crippen molar-refractivity contribution < 1.29 is 17.9 Å². The number of hydrogen-bond donors (Lipinski definition) is 1. The van der Waals surface area contributed by atoms with Crippen LogP contribution in [-0.2, 0) is 4.74 Å². The molecule has 0 aliphatic carbocycles. The van der Waals surface area contributed by atoms with Crippen molar-refractivity contribution in [3.63, 3.8) is 0 Å². The molecule has 0 unspecified atom stereocenters. The van der Waals surface area contributed by atoms with Crippen LogP contribution < -0.4 is 5.32 Å². The van der Waals surface area contributed by atoms with Crippen molar-refractivity contribution in [3.05, 3.63) is 29.8 Å². The Morgan fingerprint density at radius 2 is 2.11 bits per heavy atom. The second-order valence-electron chi connectivity index (χ2n) is 3.67. The van der Waals surface area contributed by atoms with Gasteiger partial charge in [-0.3, -0.25) is 0 Å². The average molecular weight is 257 g/mol. The molecule has 0 spiro atoms. The van der Waals surface area contributed by atoms with Crippen molar-refractivity contribution in [2.24, 2.45) is 0 Å². The molecule has 1 aromatic rings. The van der Waals surface area contributed by atoms with E-state index >= 15 is 0 Å². The van der Waals surface area contributed by atoms with E-state index in [-0.39, 0.29) is 6.61 Å². The van der Waals surface area contributed by atoms with E-state index < -0.39 is 12.8 Å². The summed E-state index contributed by atoms with van der Waals surface area (Å²) < 4.78 is 39.7. The standard InChI is InChI=1S/C13H14F3NO/c1-2-11-5-3-6-12(9-11)17-7-4-8-18-10-13(14,15)16/h1,3,5-6,9,17H,4,7-8,10H2. The van der Waals surface area contributed by atoms with Crippen LogP contribution in [-0.4, -0.2) is 25.9 Å². The lowest BCUT2D eigenvalue weighted by molar-refractivity contribution is -0.173. The minimum absolute atomic E-state index is 0.0708. The van der Waals surface area contributed by atoms with Gasteiger partial charge in [-0.05, 0) is 24.6 Å². The van der Waals surface area contributed by atoms with Gasteiger partial charge in [0, 0.05) is 24.4 Å². The molecule has 0 aliphatic heterocycles. The lowest BCUT2D eigenvalue weighted by Crippen LogP contribution is -2.18. The van der Waals surface area contributed by atoms with Gasteiger partial charge in [0.25, 0.3) is 0 Å². The summed E-state index contributed by atoms with van der Waals surface area (Å²) in [4.78, 5) is 0. The molecule has 5 heteroatoms. The summed E-state index contributed by atoms with van der Waals surface area (Å²) >= 11 is 0. The highest BCUT2D eigenvalue weighted by atomic mass is 19.4. The minimum Gasteiger partial charge on any atom is -0.385 e. The van der Waals surface area contributed by atoms with Gasteiger partial charge in [-0.25, -0.2) is 0 Å². The molecule has 0 aliphatic rings. The third-order valence-corrected chi connectivity index (χ3v) is 2.09. The Morgan fingerprint density at radius 1 is 1.33 bits per heavy atom. The number of ether oxygens (including phenoxy) is 1. The lowest BCUT2D eigenvalue weighted by atomic mass is 10.2. The molecule has 0 saturated heterocycles. The summed E-state index contributed by atoms with van der Waals surface area (Å²) in [5.41, 5.74) is 1.61. The van der Waals surface area contributed by atoms with Crippen molar-refractivity contribution in [3.8, 4) is 12.3 Å². The second-order valence-corrected chi connectivity index (χ2v) is 3.67. The predicted octanol–water partition coefficient (Wildman–Crippen LogP) is 3.05. The molecule has 0 aromatic heterocycles. The van der Waals surface area contributed by atoms with Gasteiger partial charge < -0.3 is 10.1 Å². The molecule has 1 rings (SSSR count). The van der Waals surface area contributed by atoms with Crippen LogP contribution in [0.25, 0.3) is 0 Å². The SMILES string of the molecule is C#Cc1cccc(NCCCOCC(F)(F)F)c1. The molecule has 1 N–H and O–H groups in total. The van der Waals surface area contributed by atoms with Crippen LogP contribution in [0.1, 0.15) is 12.0 Å². The minimum atomic E-state index is -4.26. The van der Waals surface area contributed by atoms with Crippen molar-refractivity contribution in [1.29, 1.82) is 0 Å². The van der Waals surface area contributed by atoms with Crippen LogP contribution in [0.3, 0.4) is 0 Å². The first-order valence-corrected chi connectivity index (χ1v) is 5.46. The maximum atomic E-state index is 11.8. The fraction of sp³-hybridized carbons (Fsp3) is 0.385. The summed E-state index contributed by atoms with van der Waals surface area (Å²) in [6.45, 7) is -0.590. The fourth-order valence-electron chi connectivity index (χ4n) is 1.31. The van der Waals surface area contributed by atoms with Crippen molar-refractivity contribution >= 4 is 5.69 Å². The zero-order valence-corrected chi connectivity index (χ0v) is 9.76. The smallest absolute Gasteiger partial charge is 0.385 e. The monoisotopic (exact) mass is 257 g/mol. The maximum Gasteiger partial charge on any atom is 0.411 e. The zero-order chi connectivity index (χ0) is 13.4. The molecule has 0 atom stereocenters. The van der Waals surface area contributed by atoms with Crippen LogP contribution in [0.15, 0.2) is 24.3 Å². The Morgan fingerprint density at radius 3 is 2.78 bits per heavy atom. The van der Waals surface area contributed by atoms with E-state index in [2.05, 4.69) is 16.0 Å². The molecule has 0 radical (unpaired) electrons. The summed E-state index contributed by atoms with van der Waals surface area (Å²) in [7, 11) is 0. The highest BCUT2D eigenvalue weighted by molar-refractivity contribution is 5.49. The first-order chi connectivity index (χ1) is 8.51. The topological polar surface area (TPSA) is 21.3 Å². The second kappa shape index (κ2) is 6.92. The van der Waals surface area contributed by atoms with Crippen molar-refractivity contribution in [1.82, 2.24) is 0 Å². The van der Waals surface area contributed by atoms with Crippen LogP contribution in [0.2, 0.25) is 0 Å². The first kappa shape index (κ1) is 14.4. The number of alkyl halides is 3. The predicted molar refractivity (Wildman–Crippen MR) is 64.4 cm³/mol. The first-order valence-electron chi connectivity index (χ1n) is 5.46. The average Bonchev–Trinajstić information content (AvgIpc) is 2.32. The van der Waals surface area contributed by atoms with Gasteiger partial charge in [-0.2, -0.15) is 13.2 Å². The molecular weight excluding hydrogens is 243 g/mol. The van der Waals surface area contributed by atoms with E-state index in [1.165, 1.54) is 0 Å². The highest BCUT2D eigenvalue weighted by Gasteiger charge is 2.27. The van der Waals surface area contributed by atoms with E-state index in [4.69, 9.17) is 6.42 Å². The molecule has 0 saturated carbocycles. The molecule has 1 aromatic carbocycles. The number of nitrogens with one attached hydrogen (secondary N) is 1. The molecule has 2 nitrogen and oxygen atoms in total. The Kier molecular flexibility index (Phi) is 5.53. The summed E-state index contributed by atoms with van der Waals surface area (Å²) in [6.07, 6.45) is 1.49. The quantitative estimate of drug-likeness (QED) is 0.624. The van der Waals surface area contributed by atoms with Crippen LogP contribution in [0.4, 0.5) is 18.9 Å². The molecule has 0 amide bonds. The van der Waals surface area contributed by atoms with Gasteiger partial charge in [0.15, 0.2) is 0 Å². The maximum absolute atomic E-state index is 11.8. The summed E-state index contributed by atoms with van der Waals surface area (Å²) in [5.74, 6) is 2.50. The Balaban J connectivity index is 2.16. The van der Waals surface area contributed by atoms with Crippen molar-refractivity contribution in [2.45, 2.75) is 12.6 Å². The van der Waals surface area contributed by atoms with Crippen molar-refractivity contribution in [2.75, 3.05) is 25.1 Å². The molecular formula is C13H14F3NO. The van der Waals surface area contributed by atoms with E-state index in [9.17, 15) is 13.2 Å². The van der Waals surface area contributed by atoms with Gasteiger partial charge in [0.05, 0.1) is 0 Å². The number of hydrogen-bond acceptors (Lipinski definition) is 2. The van der Waals surface area contributed by atoms with Gasteiger partial charge >= 0.3 is 6.18 Å². The third-order valence-electron chi connectivity index (χ3n) is 2.09. The Bertz CT molecular complexity index is 409. The van der Waals surface area contributed by atoms with Crippen LogP contribution in [0.5, 0.6) is 0 Å². The Labute approximate surface area is 104 Å². The van der Waals surface area contributed by atoms with Crippen LogP contribution >= 0.6 is 0 Å². The van der Waals surface area contributed by atoms with Gasteiger partial charge in [-0.1, -0.05) is 12.0 Å². The lowest BCUT2D eigenvalue weighted by Gasteiger charge is -2.09. The summed E-state index contributed by atoms with van der Waals surface area (Å²) in [5, 5.41) is 3.06. The number of terminal acetylenes is 1. The number of anilines is 1.